The maximum atomic E-state index is 12.9. The predicted octanol–water partition coefficient (Wildman–Crippen LogP) is 4.71. The molecule has 2 aromatic carbocycles. The number of amides is 4. The fourth-order valence-corrected chi connectivity index (χ4v) is 6.44. The van der Waals surface area contributed by atoms with Gasteiger partial charge in [0.25, 0.3) is 0 Å². The number of hydrogen-bond acceptors (Lipinski definition) is 4. The van der Waals surface area contributed by atoms with Gasteiger partial charge in [-0.1, -0.05) is 49.9 Å². The van der Waals surface area contributed by atoms with Gasteiger partial charge in [0.2, 0.25) is 23.6 Å². The van der Waals surface area contributed by atoms with E-state index in [-0.39, 0.29) is 47.3 Å². The molecule has 0 aromatic heterocycles. The van der Waals surface area contributed by atoms with Crippen molar-refractivity contribution >= 4 is 35.0 Å². The van der Waals surface area contributed by atoms with E-state index in [0.717, 1.165) is 62.5 Å². The van der Waals surface area contributed by atoms with Crippen LogP contribution in [-0.4, -0.2) is 23.6 Å². The molecule has 0 radical (unpaired) electrons. The fraction of sp³-hybridized carbons (Fsp3) is 0.429. The van der Waals surface area contributed by atoms with Crippen LogP contribution in [0.25, 0.3) is 11.1 Å². The summed E-state index contributed by atoms with van der Waals surface area (Å²) in [5, 5.41) is 0. The van der Waals surface area contributed by atoms with Gasteiger partial charge in [-0.25, -0.2) is 0 Å². The monoisotopic (exact) mass is 456 g/mol. The van der Waals surface area contributed by atoms with Gasteiger partial charge in [-0.05, 0) is 61.1 Å². The van der Waals surface area contributed by atoms with E-state index < -0.39 is 0 Å². The lowest BCUT2D eigenvalue weighted by atomic mass is 9.81. The summed E-state index contributed by atoms with van der Waals surface area (Å²) in [6.07, 6.45) is 7.27. The number of imide groups is 2. The molecule has 2 aromatic rings. The minimum absolute atomic E-state index is 0.0627. The summed E-state index contributed by atoms with van der Waals surface area (Å²) in [5.74, 6) is -0.887. The van der Waals surface area contributed by atoms with Gasteiger partial charge in [0, 0.05) is 0 Å². The molecular formula is C28H28N2O4. The normalized spacial score (nSPS) is 28.9. The molecule has 4 amide bonds. The average Bonchev–Trinajstić information content (AvgIpc) is 3.29. The van der Waals surface area contributed by atoms with E-state index >= 15 is 0 Å². The standard InChI is InChI=1S/C28H28N2O4/c31-25-21-5-1-2-6-22(21)26(32)29(25)19-13-9-17(10-14-19)18-11-15-20(16-12-18)30-27(33)23-7-3-4-8-24(23)28(30)34/h9-16,21-24H,1-8H2/t21-,22-,23-,24-/m1/s1. The Morgan fingerprint density at radius 3 is 0.971 bits per heavy atom. The van der Waals surface area contributed by atoms with Crippen molar-refractivity contribution in [3.63, 3.8) is 0 Å². The van der Waals surface area contributed by atoms with E-state index in [0.29, 0.717) is 11.4 Å². The fourth-order valence-electron chi connectivity index (χ4n) is 6.44. The third kappa shape index (κ3) is 3.23. The van der Waals surface area contributed by atoms with Gasteiger partial charge in [0.1, 0.15) is 0 Å². The first kappa shape index (κ1) is 21.3. The van der Waals surface area contributed by atoms with E-state index in [1.807, 2.05) is 48.5 Å². The lowest BCUT2D eigenvalue weighted by Crippen LogP contribution is -2.30. The van der Waals surface area contributed by atoms with Crippen molar-refractivity contribution in [2.75, 3.05) is 9.80 Å². The second-order valence-electron chi connectivity index (χ2n) is 10.1. The molecule has 0 bridgehead atoms. The molecule has 0 spiro atoms. The minimum Gasteiger partial charge on any atom is -0.274 e. The zero-order chi connectivity index (χ0) is 23.4. The summed E-state index contributed by atoms with van der Waals surface area (Å²) in [5.41, 5.74) is 3.14. The summed E-state index contributed by atoms with van der Waals surface area (Å²) in [6.45, 7) is 0. The maximum Gasteiger partial charge on any atom is 0.237 e. The Bertz CT molecular complexity index is 1030. The molecular weight excluding hydrogens is 428 g/mol. The molecule has 0 N–H and O–H groups in total. The maximum absolute atomic E-state index is 12.9. The average molecular weight is 457 g/mol. The van der Waals surface area contributed by atoms with Crippen molar-refractivity contribution in [3.05, 3.63) is 48.5 Å². The summed E-state index contributed by atoms with van der Waals surface area (Å²) in [7, 11) is 0. The lowest BCUT2D eigenvalue weighted by Gasteiger charge is -2.19. The van der Waals surface area contributed by atoms with E-state index in [2.05, 4.69) is 0 Å². The number of benzene rings is 2. The number of carbonyl (C=O) groups is 4. The molecule has 6 heteroatoms. The smallest absolute Gasteiger partial charge is 0.237 e. The third-order valence-corrected chi connectivity index (χ3v) is 8.27. The summed E-state index contributed by atoms with van der Waals surface area (Å²) < 4.78 is 0. The van der Waals surface area contributed by atoms with Gasteiger partial charge in [0.05, 0.1) is 35.0 Å². The zero-order valence-corrected chi connectivity index (χ0v) is 19.1. The molecule has 4 aliphatic rings. The van der Waals surface area contributed by atoms with Crippen LogP contribution in [0.3, 0.4) is 0 Å². The van der Waals surface area contributed by atoms with E-state index in [4.69, 9.17) is 0 Å². The first-order chi connectivity index (χ1) is 16.5. The van der Waals surface area contributed by atoms with Crippen LogP contribution in [0.4, 0.5) is 11.4 Å². The molecule has 174 valence electrons. The number of fused-ring (bicyclic) bond motifs is 2. The van der Waals surface area contributed by atoms with E-state index in [9.17, 15) is 19.2 Å². The molecule has 2 aliphatic heterocycles. The Kier molecular flexibility index (Phi) is 5.12. The summed E-state index contributed by atoms with van der Waals surface area (Å²) in [4.78, 5) is 54.2. The highest BCUT2D eigenvalue weighted by atomic mass is 16.2. The second-order valence-corrected chi connectivity index (χ2v) is 10.1. The molecule has 2 saturated heterocycles. The topological polar surface area (TPSA) is 74.8 Å². The first-order valence-corrected chi connectivity index (χ1v) is 12.5. The van der Waals surface area contributed by atoms with Gasteiger partial charge in [0.15, 0.2) is 0 Å². The van der Waals surface area contributed by atoms with Crippen molar-refractivity contribution in [1.82, 2.24) is 0 Å². The van der Waals surface area contributed by atoms with Crippen LogP contribution < -0.4 is 9.80 Å². The summed E-state index contributed by atoms with van der Waals surface area (Å²) >= 11 is 0. The second kappa shape index (κ2) is 8.19. The van der Waals surface area contributed by atoms with Crippen molar-refractivity contribution < 1.29 is 19.2 Å². The van der Waals surface area contributed by atoms with Crippen LogP contribution in [0.1, 0.15) is 51.4 Å². The Balaban J connectivity index is 1.21. The van der Waals surface area contributed by atoms with E-state index in [1.54, 1.807) is 0 Å². The van der Waals surface area contributed by atoms with Gasteiger partial charge in [-0.3, -0.25) is 29.0 Å². The largest absolute Gasteiger partial charge is 0.274 e. The Labute approximate surface area is 198 Å². The first-order valence-electron chi connectivity index (χ1n) is 12.5. The predicted molar refractivity (Wildman–Crippen MR) is 128 cm³/mol. The number of nitrogens with zero attached hydrogens (tertiary/aromatic N) is 2. The molecule has 6 rings (SSSR count). The van der Waals surface area contributed by atoms with Crippen LogP contribution in [0, 0.1) is 23.7 Å². The Hall–Kier alpha value is -3.28. The van der Waals surface area contributed by atoms with E-state index in [1.165, 1.54) is 9.80 Å². The van der Waals surface area contributed by atoms with Gasteiger partial charge >= 0.3 is 0 Å². The quantitative estimate of drug-likeness (QED) is 0.627. The van der Waals surface area contributed by atoms with Crippen molar-refractivity contribution in [2.45, 2.75) is 51.4 Å². The minimum atomic E-state index is -0.159. The molecule has 6 nitrogen and oxygen atoms in total. The van der Waals surface area contributed by atoms with Crippen LogP contribution >= 0.6 is 0 Å². The summed E-state index contributed by atoms with van der Waals surface area (Å²) in [6, 6.07) is 15.0. The van der Waals surface area contributed by atoms with Gasteiger partial charge < -0.3 is 0 Å². The van der Waals surface area contributed by atoms with Crippen LogP contribution in [0.5, 0.6) is 0 Å². The highest BCUT2D eigenvalue weighted by molar-refractivity contribution is 6.23. The molecule has 2 aliphatic carbocycles. The van der Waals surface area contributed by atoms with Crippen molar-refractivity contribution in [1.29, 1.82) is 0 Å². The van der Waals surface area contributed by atoms with Crippen LogP contribution in [0.15, 0.2) is 48.5 Å². The van der Waals surface area contributed by atoms with Gasteiger partial charge in [-0.15, -0.1) is 0 Å². The lowest BCUT2D eigenvalue weighted by molar-refractivity contribution is -0.124. The SMILES string of the molecule is O=C1[C@@H]2CCCC[C@H]2C(=O)N1c1ccc(-c2ccc(N3C(=O)[C@@H]4CCCC[C@H]4C3=O)cc2)cc1. The molecule has 4 fully saturated rings. The highest BCUT2D eigenvalue weighted by Crippen LogP contribution is 2.42. The number of carbonyl (C=O) groups excluding carboxylic acids is 4. The highest BCUT2D eigenvalue weighted by Gasteiger charge is 2.49. The third-order valence-electron chi connectivity index (χ3n) is 8.27. The Morgan fingerprint density at radius 2 is 0.706 bits per heavy atom. The molecule has 2 saturated carbocycles. The Morgan fingerprint density at radius 1 is 0.441 bits per heavy atom. The molecule has 34 heavy (non-hydrogen) atoms. The number of rotatable bonds is 3. The number of anilines is 2. The molecule has 0 unspecified atom stereocenters. The van der Waals surface area contributed by atoms with Crippen LogP contribution in [-0.2, 0) is 19.2 Å². The molecule has 2 heterocycles. The van der Waals surface area contributed by atoms with Crippen molar-refractivity contribution in [3.8, 4) is 11.1 Å². The molecule has 4 atom stereocenters. The van der Waals surface area contributed by atoms with Gasteiger partial charge in [-0.2, -0.15) is 0 Å². The van der Waals surface area contributed by atoms with Crippen LogP contribution in [0.2, 0.25) is 0 Å². The van der Waals surface area contributed by atoms with Crippen molar-refractivity contribution in [2.24, 2.45) is 23.7 Å². The zero-order valence-electron chi connectivity index (χ0n) is 19.1. The number of hydrogen-bond donors (Lipinski definition) is 0.